The van der Waals surface area contributed by atoms with E-state index in [1.54, 1.807) is 18.2 Å². The Morgan fingerprint density at radius 1 is 1.34 bits per heavy atom. The fraction of sp³-hybridized carbons (Fsp3) is 0.400. The molecule has 1 aromatic carbocycles. The molecule has 0 spiro atoms. The average Bonchev–Trinajstić information content (AvgIpc) is 3.14. The molecule has 1 aliphatic rings. The van der Waals surface area contributed by atoms with Crippen LogP contribution < -0.4 is 15.0 Å². The number of aromatic nitrogens is 1. The van der Waals surface area contributed by atoms with Crippen LogP contribution in [0.2, 0.25) is 0 Å². The van der Waals surface area contributed by atoms with Crippen LogP contribution >= 0.6 is 0 Å². The number of halogens is 3. The summed E-state index contributed by atoms with van der Waals surface area (Å²) in [7, 11) is 0. The molecule has 0 bridgehead atoms. The minimum absolute atomic E-state index is 0.0114. The van der Waals surface area contributed by atoms with Gasteiger partial charge in [-0.3, -0.25) is 9.78 Å². The third-order valence-electron chi connectivity index (χ3n) is 4.49. The van der Waals surface area contributed by atoms with Gasteiger partial charge in [-0.1, -0.05) is 6.07 Å². The molecule has 1 aromatic heterocycles. The highest BCUT2D eigenvalue weighted by molar-refractivity contribution is 5.77. The van der Waals surface area contributed by atoms with E-state index in [0.29, 0.717) is 19.7 Å². The van der Waals surface area contributed by atoms with E-state index in [1.807, 2.05) is 17.9 Å². The zero-order chi connectivity index (χ0) is 20.9. The molecule has 1 saturated heterocycles. The van der Waals surface area contributed by atoms with Crippen molar-refractivity contribution in [2.45, 2.75) is 25.6 Å². The van der Waals surface area contributed by atoms with Gasteiger partial charge in [-0.25, -0.2) is 0 Å². The molecular formula is C20H22F3N3O3. The van der Waals surface area contributed by atoms with Gasteiger partial charge >= 0.3 is 6.18 Å². The van der Waals surface area contributed by atoms with E-state index in [4.69, 9.17) is 9.47 Å². The van der Waals surface area contributed by atoms with Crippen LogP contribution in [0.1, 0.15) is 18.9 Å². The predicted octanol–water partition coefficient (Wildman–Crippen LogP) is 3.62. The van der Waals surface area contributed by atoms with E-state index in [2.05, 4.69) is 10.3 Å². The summed E-state index contributed by atoms with van der Waals surface area (Å²) < 4.78 is 50.0. The summed E-state index contributed by atoms with van der Waals surface area (Å²) in [6.45, 7) is 3.64. The number of hydrogen-bond donors (Lipinski definition) is 1. The Hall–Kier alpha value is -2.81. The lowest BCUT2D eigenvalue weighted by Gasteiger charge is -2.20. The van der Waals surface area contributed by atoms with Gasteiger partial charge in [-0.2, -0.15) is 13.2 Å². The topological polar surface area (TPSA) is 63.7 Å². The lowest BCUT2D eigenvalue weighted by atomic mass is 10.2. The number of ether oxygens (including phenoxy) is 2. The van der Waals surface area contributed by atoms with Crippen molar-refractivity contribution in [2.24, 2.45) is 0 Å². The Labute approximate surface area is 166 Å². The van der Waals surface area contributed by atoms with E-state index >= 15 is 0 Å². The Morgan fingerprint density at radius 2 is 2.17 bits per heavy atom. The van der Waals surface area contributed by atoms with Gasteiger partial charge in [-0.05, 0) is 31.5 Å². The molecule has 9 heteroatoms. The summed E-state index contributed by atoms with van der Waals surface area (Å²) in [5.74, 6) is -0.225. The lowest BCUT2D eigenvalue weighted by Crippen LogP contribution is -2.39. The van der Waals surface area contributed by atoms with Gasteiger partial charge in [0, 0.05) is 43.7 Å². The molecule has 2 aromatic rings. The van der Waals surface area contributed by atoms with Gasteiger partial charge in [0.1, 0.15) is 17.9 Å². The fourth-order valence-corrected chi connectivity index (χ4v) is 3.14. The van der Waals surface area contributed by atoms with Crippen LogP contribution in [0.15, 0.2) is 42.7 Å². The second kappa shape index (κ2) is 9.13. The van der Waals surface area contributed by atoms with E-state index < -0.39 is 11.7 Å². The van der Waals surface area contributed by atoms with E-state index in [1.165, 1.54) is 0 Å². The standard InChI is InChI=1S/C20H22F3N3O3/c1-2-28-13-19(27)25-14-7-9-26(12-14)15-4-3-5-16(10-15)29-18-11-24-8-6-17(18)20(21,22)23/h3-6,8,10-11,14H,2,7,9,12-13H2,1H3,(H,25,27). The van der Waals surface area contributed by atoms with Crippen LogP contribution in [-0.4, -0.2) is 43.2 Å². The fourth-order valence-electron chi connectivity index (χ4n) is 3.14. The van der Waals surface area contributed by atoms with Crippen LogP contribution in [0.4, 0.5) is 18.9 Å². The van der Waals surface area contributed by atoms with Crippen LogP contribution in [-0.2, 0) is 15.7 Å². The number of nitrogens with one attached hydrogen (secondary N) is 1. The number of nitrogens with zero attached hydrogens (tertiary/aromatic N) is 2. The number of hydrogen-bond acceptors (Lipinski definition) is 5. The molecule has 0 aliphatic carbocycles. The maximum Gasteiger partial charge on any atom is 0.420 e. The molecule has 6 nitrogen and oxygen atoms in total. The van der Waals surface area contributed by atoms with Gasteiger partial charge in [0.15, 0.2) is 5.75 Å². The first-order valence-electron chi connectivity index (χ1n) is 9.28. The van der Waals surface area contributed by atoms with Crippen molar-refractivity contribution in [3.63, 3.8) is 0 Å². The highest BCUT2D eigenvalue weighted by atomic mass is 19.4. The van der Waals surface area contributed by atoms with Crippen molar-refractivity contribution in [3.05, 3.63) is 48.3 Å². The normalized spacial score (nSPS) is 16.7. The van der Waals surface area contributed by atoms with E-state index in [0.717, 1.165) is 30.6 Å². The SMILES string of the molecule is CCOCC(=O)NC1CCN(c2cccc(Oc3cnccc3C(F)(F)F)c2)C1. The molecule has 1 amide bonds. The molecular weight excluding hydrogens is 387 g/mol. The zero-order valence-electron chi connectivity index (χ0n) is 15.9. The largest absolute Gasteiger partial charge is 0.455 e. The molecule has 2 heterocycles. The molecule has 156 valence electrons. The molecule has 1 aliphatic heterocycles. The van der Waals surface area contributed by atoms with Crippen molar-refractivity contribution in [2.75, 3.05) is 31.2 Å². The molecule has 0 saturated carbocycles. The number of pyridine rings is 1. The molecule has 1 unspecified atom stereocenters. The summed E-state index contributed by atoms with van der Waals surface area (Å²) in [5.41, 5.74) is -0.0716. The maximum absolute atomic E-state index is 13.1. The first kappa shape index (κ1) is 20.9. The summed E-state index contributed by atoms with van der Waals surface area (Å²) in [5, 5.41) is 2.92. The van der Waals surface area contributed by atoms with Gasteiger partial charge < -0.3 is 19.7 Å². The van der Waals surface area contributed by atoms with Crippen LogP contribution in [0.5, 0.6) is 11.5 Å². The smallest absolute Gasteiger partial charge is 0.420 e. The Morgan fingerprint density at radius 3 is 2.93 bits per heavy atom. The Bertz CT molecular complexity index is 845. The van der Waals surface area contributed by atoms with Crippen LogP contribution in [0.3, 0.4) is 0 Å². The highest BCUT2D eigenvalue weighted by Crippen LogP contribution is 2.38. The third kappa shape index (κ3) is 5.60. The van der Waals surface area contributed by atoms with Crippen molar-refractivity contribution in [1.29, 1.82) is 0 Å². The van der Waals surface area contributed by atoms with Gasteiger partial charge in [0.05, 0.1) is 6.20 Å². The van der Waals surface area contributed by atoms with Crippen molar-refractivity contribution < 1.29 is 27.4 Å². The second-order valence-corrected chi connectivity index (χ2v) is 6.61. The number of amides is 1. The van der Waals surface area contributed by atoms with E-state index in [9.17, 15) is 18.0 Å². The minimum Gasteiger partial charge on any atom is -0.455 e. The number of alkyl halides is 3. The molecule has 29 heavy (non-hydrogen) atoms. The highest BCUT2D eigenvalue weighted by Gasteiger charge is 2.34. The second-order valence-electron chi connectivity index (χ2n) is 6.61. The third-order valence-corrected chi connectivity index (χ3v) is 4.49. The van der Waals surface area contributed by atoms with E-state index in [-0.39, 0.29) is 30.1 Å². The van der Waals surface area contributed by atoms with Crippen LogP contribution in [0, 0.1) is 0 Å². The predicted molar refractivity (Wildman–Crippen MR) is 101 cm³/mol. The van der Waals surface area contributed by atoms with Crippen LogP contribution in [0.25, 0.3) is 0 Å². The quantitative estimate of drug-likeness (QED) is 0.757. The Balaban J connectivity index is 1.66. The maximum atomic E-state index is 13.1. The number of anilines is 1. The number of carbonyl (C=O) groups excluding carboxylic acids is 1. The Kier molecular flexibility index (Phi) is 6.58. The molecule has 1 atom stereocenters. The first-order valence-corrected chi connectivity index (χ1v) is 9.28. The monoisotopic (exact) mass is 409 g/mol. The molecule has 3 rings (SSSR count). The zero-order valence-corrected chi connectivity index (χ0v) is 15.9. The summed E-state index contributed by atoms with van der Waals surface area (Å²) in [4.78, 5) is 17.6. The van der Waals surface area contributed by atoms with Crippen molar-refractivity contribution in [1.82, 2.24) is 10.3 Å². The molecule has 1 fully saturated rings. The van der Waals surface area contributed by atoms with Gasteiger partial charge in [-0.15, -0.1) is 0 Å². The number of rotatable bonds is 7. The van der Waals surface area contributed by atoms with Crippen molar-refractivity contribution >= 4 is 11.6 Å². The first-order chi connectivity index (χ1) is 13.9. The van der Waals surface area contributed by atoms with Gasteiger partial charge in [0.25, 0.3) is 0 Å². The summed E-state index contributed by atoms with van der Waals surface area (Å²) in [6, 6.07) is 7.71. The molecule has 1 N–H and O–H groups in total. The number of benzene rings is 1. The molecule has 0 radical (unpaired) electrons. The summed E-state index contributed by atoms with van der Waals surface area (Å²) >= 11 is 0. The van der Waals surface area contributed by atoms with Gasteiger partial charge in [0.2, 0.25) is 5.91 Å². The summed E-state index contributed by atoms with van der Waals surface area (Å²) in [6.07, 6.45) is -1.63. The minimum atomic E-state index is -4.53. The van der Waals surface area contributed by atoms with Crippen molar-refractivity contribution in [3.8, 4) is 11.5 Å². The number of carbonyl (C=O) groups is 1. The average molecular weight is 409 g/mol. The lowest BCUT2D eigenvalue weighted by molar-refractivity contribution is -0.138.